The zero-order valence-electron chi connectivity index (χ0n) is 14.1. The third-order valence-electron chi connectivity index (χ3n) is 4.01. The van der Waals surface area contributed by atoms with Crippen LogP contribution < -0.4 is 5.32 Å². The molecule has 0 bridgehead atoms. The lowest BCUT2D eigenvalue weighted by Gasteiger charge is -2.25. The molecule has 23 heavy (non-hydrogen) atoms. The number of nitrogens with zero attached hydrogens (tertiary/aromatic N) is 4. The highest BCUT2D eigenvalue weighted by molar-refractivity contribution is 7.20. The first kappa shape index (κ1) is 16.0. The lowest BCUT2D eigenvalue weighted by molar-refractivity contribution is 0.311. The van der Waals surface area contributed by atoms with E-state index in [1.165, 1.54) is 11.1 Å². The second-order valence-electron chi connectivity index (χ2n) is 5.97. The number of rotatable bonds is 6. The highest BCUT2D eigenvalue weighted by atomic mass is 32.1. The van der Waals surface area contributed by atoms with Crippen LogP contribution in [-0.4, -0.2) is 40.1 Å². The summed E-state index contributed by atoms with van der Waals surface area (Å²) in [5.74, 6) is 0. The molecule has 1 N–H and O–H groups in total. The highest BCUT2D eigenvalue weighted by Crippen LogP contribution is 2.23. The number of imidazole rings is 1. The van der Waals surface area contributed by atoms with Gasteiger partial charge in [-0.1, -0.05) is 42.5 Å². The molecule has 0 fully saturated rings. The van der Waals surface area contributed by atoms with Crippen LogP contribution >= 0.6 is 11.3 Å². The van der Waals surface area contributed by atoms with Gasteiger partial charge in [0.2, 0.25) is 10.1 Å². The maximum atomic E-state index is 4.53. The van der Waals surface area contributed by atoms with Gasteiger partial charge in [0.15, 0.2) is 0 Å². The third kappa shape index (κ3) is 3.54. The van der Waals surface area contributed by atoms with E-state index in [2.05, 4.69) is 65.6 Å². The first-order valence-electron chi connectivity index (χ1n) is 7.88. The van der Waals surface area contributed by atoms with E-state index < -0.39 is 0 Å². The summed E-state index contributed by atoms with van der Waals surface area (Å²) in [4.78, 5) is 7.60. The molecule has 122 valence electrons. The van der Waals surface area contributed by atoms with Gasteiger partial charge in [-0.2, -0.15) is 0 Å². The molecule has 3 rings (SSSR count). The Morgan fingerprint density at radius 1 is 1.26 bits per heavy atom. The third-order valence-corrected chi connectivity index (χ3v) is 4.89. The van der Waals surface area contributed by atoms with Crippen molar-refractivity contribution in [2.45, 2.75) is 26.3 Å². The van der Waals surface area contributed by atoms with Gasteiger partial charge in [-0.25, -0.2) is 9.50 Å². The van der Waals surface area contributed by atoms with E-state index in [4.69, 9.17) is 0 Å². The van der Waals surface area contributed by atoms with Crippen molar-refractivity contribution in [3.8, 4) is 0 Å². The first-order chi connectivity index (χ1) is 11.1. The molecule has 5 nitrogen and oxygen atoms in total. The summed E-state index contributed by atoms with van der Waals surface area (Å²) < 4.78 is 1.84. The van der Waals surface area contributed by atoms with Gasteiger partial charge in [0, 0.05) is 6.54 Å². The summed E-state index contributed by atoms with van der Waals surface area (Å²) >= 11 is 1.58. The number of likely N-dealkylation sites (N-methyl/N-ethyl adjacent to an activating group) is 1. The van der Waals surface area contributed by atoms with E-state index >= 15 is 0 Å². The fourth-order valence-corrected chi connectivity index (χ4v) is 3.47. The lowest BCUT2D eigenvalue weighted by atomic mass is 10.0. The fraction of sp³-hybridized carbons (Fsp3) is 0.412. The van der Waals surface area contributed by atoms with Crippen LogP contribution in [0.25, 0.3) is 4.96 Å². The Morgan fingerprint density at radius 2 is 2.00 bits per heavy atom. The van der Waals surface area contributed by atoms with E-state index in [9.17, 15) is 0 Å². The Labute approximate surface area is 141 Å². The maximum absolute atomic E-state index is 4.53. The normalized spacial score (nSPS) is 12.9. The quantitative estimate of drug-likeness (QED) is 0.753. The Morgan fingerprint density at radius 3 is 2.61 bits per heavy atom. The predicted octanol–water partition coefficient (Wildman–Crippen LogP) is 3.38. The molecule has 0 aliphatic carbocycles. The zero-order valence-corrected chi connectivity index (χ0v) is 14.9. The monoisotopic (exact) mass is 329 g/mol. The fourth-order valence-electron chi connectivity index (χ4n) is 2.64. The molecule has 6 heteroatoms. The van der Waals surface area contributed by atoms with Crippen LogP contribution in [0.1, 0.15) is 29.8 Å². The van der Waals surface area contributed by atoms with Crippen molar-refractivity contribution in [1.29, 1.82) is 0 Å². The highest BCUT2D eigenvalue weighted by Gasteiger charge is 2.15. The van der Waals surface area contributed by atoms with Crippen molar-refractivity contribution < 1.29 is 0 Å². The van der Waals surface area contributed by atoms with Crippen LogP contribution in [0.5, 0.6) is 0 Å². The van der Waals surface area contributed by atoms with E-state index in [0.29, 0.717) is 6.04 Å². The van der Waals surface area contributed by atoms with Gasteiger partial charge in [0.05, 0.1) is 17.9 Å². The van der Waals surface area contributed by atoms with Crippen molar-refractivity contribution in [2.75, 3.05) is 26.0 Å². The molecule has 3 aromatic rings. The molecular formula is C17H23N5S. The lowest BCUT2D eigenvalue weighted by Crippen LogP contribution is -2.26. The molecule has 1 atom stereocenters. The average Bonchev–Trinajstić information content (AvgIpc) is 3.04. The van der Waals surface area contributed by atoms with Crippen molar-refractivity contribution in [2.24, 2.45) is 0 Å². The Kier molecular flexibility index (Phi) is 4.63. The number of anilines is 1. The van der Waals surface area contributed by atoms with Crippen LogP contribution in [0.4, 0.5) is 5.13 Å². The van der Waals surface area contributed by atoms with Gasteiger partial charge in [0.1, 0.15) is 0 Å². The number of hydrogen-bond donors (Lipinski definition) is 1. The molecule has 0 aliphatic heterocycles. The molecule has 2 heterocycles. The minimum Gasteiger partial charge on any atom is -0.358 e. The van der Waals surface area contributed by atoms with Crippen LogP contribution in [0.2, 0.25) is 0 Å². The van der Waals surface area contributed by atoms with Gasteiger partial charge in [-0.3, -0.25) is 0 Å². The van der Waals surface area contributed by atoms with E-state index in [1.807, 2.05) is 17.6 Å². The number of aryl methyl sites for hydroxylation is 2. The molecule has 0 amide bonds. The summed E-state index contributed by atoms with van der Waals surface area (Å²) in [5, 5.41) is 8.89. The molecule has 0 spiro atoms. The molecule has 0 unspecified atom stereocenters. The molecule has 2 aromatic heterocycles. The van der Waals surface area contributed by atoms with Crippen LogP contribution in [0, 0.1) is 6.92 Å². The second kappa shape index (κ2) is 6.68. The Balaban J connectivity index is 1.72. The minimum absolute atomic E-state index is 0.305. The maximum Gasteiger partial charge on any atom is 0.214 e. The predicted molar refractivity (Wildman–Crippen MR) is 96.3 cm³/mol. The van der Waals surface area contributed by atoms with Crippen LogP contribution in [0.3, 0.4) is 0 Å². The number of nitrogens with one attached hydrogen (secondary N) is 1. The molecule has 0 saturated carbocycles. The molecular weight excluding hydrogens is 306 g/mol. The second-order valence-corrected chi connectivity index (χ2v) is 6.93. The summed E-state index contributed by atoms with van der Waals surface area (Å²) in [6.07, 6.45) is 3.02. The molecule has 0 saturated heterocycles. The van der Waals surface area contributed by atoms with E-state index in [0.717, 1.165) is 28.8 Å². The van der Waals surface area contributed by atoms with Gasteiger partial charge in [-0.15, -0.1) is 5.10 Å². The van der Waals surface area contributed by atoms with Gasteiger partial charge < -0.3 is 10.2 Å². The van der Waals surface area contributed by atoms with Gasteiger partial charge in [-0.05, 0) is 38.6 Å². The summed E-state index contributed by atoms with van der Waals surface area (Å²) in [6.45, 7) is 4.98. The molecule has 1 aromatic carbocycles. The topological polar surface area (TPSA) is 45.5 Å². The van der Waals surface area contributed by atoms with Crippen molar-refractivity contribution in [3.63, 3.8) is 0 Å². The van der Waals surface area contributed by atoms with Crippen molar-refractivity contribution in [3.05, 3.63) is 47.3 Å². The summed E-state index contributed by atoms with van der Waals surface area (Å²) in [7, 11) is 4.22. The SMILES string of the molecule is CCc1ccc([C@H](CNc2nn3cc(C)nc3s2)N(C)C)cc1. The van der Waals surface area contributed by atoms with Crippen LogP contribution in [-0.2, 0) is 6.42 Å². The number of benzene rings is 1. The summed E-state index contributed by atoms with van der Waals surface area (Å²) in [5.41, 5.74) is 3.69. The van der Waals surface area contributed by atoms with Crippen molar-refractivity contribution in [1.82, 2.24) is 19.5 Å². The smallest absolute Gasteiger partial charge is 0.214 e. The van der Waals surface area contributed by atoms with Crippen molar-refractivity contribution >= 4 is 21.4 Å². The van der Waals surface area contributed by atoms with E-state index in [-0.39, 0.29) is 0 Å². The van der Waals surface area contributed by atoms with E-state index in [1.54, 1.807) is 11.3 Å². The standard InChI is InChI=1S/C17H23N5S/c1-5-13-6-8-14(9-7-13)15(21(3)4)10-18-16-20-22-11-12(2)19-17(22)23-16/h6-9,11,15H,5,10H2,1-4H3,(H,18,20)/t15-/m0/s1. The average molecular weight is 329 g/mol. The van der Waals surface area contributed by atoms with Gasteiger partial charge in [0.25, 0.3) is 0 Å². The Bertz CT molecular complexity index is 740. The number of fused-ring (bicyclic) bond motifs is 1. The van der Waals surface area contributed by atoms with Crippen LogP contribution in [0.15, 0.2) is 30.5 Å². The minimum atomic E-state index is 0.305. The molecule has 0 aliphatic rings. The largest absolute Gasteiger partial charge is 0.358 e. The Hall–Kier alpha value is -1.92. The summed E-state index contributed by atoms with van der Waals surface area (Å²) in [6, 6.07) is 9.18. The van der Waals surface area contributed by atoms with Gasteiger partial charge >= 0.3 is 0 Å². The first-order valence-corrected chi connectivity index (χ1v) is 8.70. The molecule has 0 radical (unpaired) electrons. The zero-order chi connectivity index (χ0) is 16.4. The number of hydrogen-bond acceptors (Lipinski definition) is 5. The number of aromatic nitrogens is 3.